The molecule has 0 aliphatic rings. The highest BCUT2D eigenvalue weighted by atomic mass is 16.4. The van der Waals surface area contributed by atoms with E-state index in [0.717, 1.165) is 0 Å². The maximum Gasteiger partial charge on any atom is 0.329 e. The number of nitrogens with zero attached hydrogens (tertiary/aromatic N) is 3. The molecule has 0 bridgehead atoms. The molecule has 152 valence electrons. The van der Waals surface area contributed by atoms with Crippen molar-refractivity contribution >= 4 is 22.9 Å². The molecule has 28 heavy (non-hydrogen) atoms. The minimum Gasteiger partial charge on any atom is -0.481 e. The van der Waals surface area contributed by atoms with Crippen LogP contribution in [0, 0.1) is 0 Å². The van der Waals surface area contributed by atoms with Gasteiger partial charge in [-0.1, -0.05) is 20.8 Å². The summed E-state index contributed by atoms with van der Waals surface area (Å²) in [6.07, 6.45) is 0.453. The third-order valence-corrected chi connectivity index (χ3v) is 4.50. The van der Waals surface area contributed by atoms with Crippen molar-refractivity contribution in [1.29, 1.82) is 0 Å². The predicted molar refractivity (Wildman–Crippen MR) is 105 cm³/mol. The molecular formula is C19H26N4O5. The second-order valence-corrected chi connectivity index (χ2v) is 6.89. The van der Waals surface area contributed by atoms with Gasteiger partial charge in [-0.05, 0) is 25.3 Å². The molecule has 0 fully saturated rings. The third-order valence-electron chi connectivity index (χ3n) is 4.50. The van der Waals surface area contributed by atoms with Crippen LogP contribution in [0.25, 0.3) is 11.0 Å². The van der Waals surface area contributed by atoms with Crippen molar-refractivity contribution in [3.05, 3.63) is 38.2 Å². The Kier molecular flexibility index (Phi) is 6.71. The Morgan fingerprint density at radius 3 is 2.50 bits per heavy atom. The highest BCUT2D eigenvalue weighted by molar-refractivity contribution is 6.05. The van der Waals surface area contributed by atoms with Crippen LogP contribution in [0.15, 0.2) is 15.7 Å². The first kappa shape index (κ1) is 21.3. The fraction of sp³-hybridized carbons (Fsp3) is 0.526. The molecular weight excluding hydrogens is 364 g/mol. The van der Waals surface area contributed by atoms with Crippen molar-refractivity contribution in [3.8, 4) is 0 Å². The monoisotopic (exact) mass is 390 g/mol. The number of carboxylic acids is 1. The zero-order valence-electron chi connectivity index (χ0n) is 16.6. The number of carbonyl (C=O) groups excluding carboxylic acids is 1. The van der Waals surface area contributed by atoms with Gasteiger partial charge in [0.15, 0.2) is 5.65 Å². The van der Waals surface area contributed by atoms with E-state index in [9.17, 15) is 19.2 Å². The number of fused-ring (bicyclic) bond motifs is 1. The second kappa shape index (κ2) is 8.81. The molecule has 2 aromatic rings. The Balaban J connectivity index is 2.78. The Morgan fingerprint density at radius 1 is 1.29 bits per heavy atom. The predicted octanol–water partition coefficient (Wildman–Crippen LogP) is 1.55. The van der Waals surface area contributed by atoms with Crippen LogP contribution >= 0.6 is 0 Å². The highest BCUT2D eigenvalue weighted by Gasteiger charge is 2.23. The number of amides is 1. The summed E-state index contributed by atoms with van der Waals surface area (Å²) in [6, 6.07) is 1.56. The standard InChI is InChI=1S/C19H26N4O5/c1-5-8-23-16-15(17(26)21-19(23)28)12(10-13(20-16)11(3)4)18(27)22(6-2)9-7-14(24)25/h10-11H,5-9H2,1-4H3,(H,24,25)(H,21,26,28). The zero-order chi connectivity index (χ0) is 21.0. The third kappa shape index (κ3) is 4.29. The first-order chi connectivity index (χ1) is 13.2. The van der Waals surface area contributed by atoms with Gasteiger partial charge in [0.2, 0.25) is 0 Å². The minimum atomic E-state index is -1.01. The van der Waals surface area contributed by atoms with E-state index >= 15 is 0 Å². The molecule has 0 saturated heterocycles. The summed E-state index contributed by atoms with van der Waals surface area (Å²) < 4.78 is 1.37. The number of carboxylic acid groups (broad SMARTS) is 1. The van der Waals surface area contributed by atoms with Crippen LogP contribution in [0.3, 0.4) is 0 Å². The van der Waals surface area contributed by atoms with Crippen molar-refractivity contribution in [2.24, 2.45) is 0 Å². The maximum atomic E-state index is 13.1. The summed E-state index contributed by atoms with van der Waals surface area (Å²) in [6.45, 7) is 8.11. The number of pyridine rings is 1. The lowest BCUT2D eigenvalue weighted by Crippen LogP contribution is -2.36. The van der Waals surface area contributed by atoms with Crippen molar-refractivity contribution in [2.45, 2.75) is 53.0 Å². The fourth-order valence-corrected chi connectivity index (χ4v) is 2.99. The van der Waals surface area contributed by atoms with Crippen molar-refractivity contribution < 1.29 is 14.7 Å². The van der Waals surface area contributed by atoms with Gasteiger partial charge in [0.1, 0.15) is 0 Å². The summed E-state index contributed by atoms with van der Waals surface area (Å²) in [7, 11) is 0. The van der Waals surface area contributed by atoms with Gasteiger partial charge in [-0.2, -0.15) is 0 Å². The summed E-state index contributed by atoms with van der Waals surface area (Å²) in [5.41, 5.74) is -0.344. The van der Waals surface area contributed by atoms with Gasteiger partial charge in [-0.3, -0.25) is 23.9 Å². The summed E-state index contributed by atoms with van der Waals surface area (Å²) in [5, 5.41) is 8.98. The van der Waals surface area contributed by atoms with Crippen LogP contribution in [-0.2, 0) is 11.3 Å². The Hall–Kier alpha value is -2.97. The Labute approximate surface area is 162 Å². The number of rotatable bonds is 8. The lowest BCUT2D eigenvalue weighted by Gasteiger charge is -2.22. The fourth-order valence-electron chi connectivity index (χ4n) is 2.99. The highest BCUT2D eigenvalue weighted by Crippen LogP contribution is 2.21. The lowest BCUT2D eigenvalue weighted by atomic mass is 10.0. The molecule has 0 atom stereocenters. The zero-order valence-corrected chi connectivity index (χ0v) is 16.6. The quantitative estimate of drug-likeness (QED) is 0.704. The van der Waals surface area contributed by atoms with Crippen LogP contribution < -0.4 is 11.2 Å². The SMILES string of the molecule is CCCn1c(=O)[nH]c(=O)c2c(C(=O)N(CC)CCC(=O)O)cc(C(C)C)nc21. The summed E-state index contributed by atoms with van der Waals surface area (Å²) in [4.78, 5) is 57.0. The van der Waals surface area contributed by atoms with Gasteiger partial charge in [0, 0.05) is 25.3 Å². The topological polar surface area (TPSA) is 125 Å². The Morgan fingerprint density at radius 2 is 1.96 bits per heavy atom. The van der Waals surface area contributed by atoms with E-state index in [-0.39, 0.29) is 35.5 Å². The molecule has 0 aliphatic heterocycles. The molecule has 0 unspecified atom stereocenters. The number of aryl methyl sites for hydroxylation is 1. The first-order valence-electron chi connectivity index (χ1n) is 9.40. The number of aromatic nitrogens is 3. The number of hydrogen-bond acceptors (Lipinski definition) is 5. The smallest absolute Gasteiger partial charge is 0.329 e. The molecule has 2 aromatic heterocycles. The summed E-state index contributed by atoms with van der Waals surface area (Å²) in [5.74, 6) is -1.50. The number of H-pyrrole nitrogens is 1. The number of hydrogen-bond donors (Lipinski definition) is 2. The molecule has 9 heteroatoms. The van der Waals surface area contributed by atoms with Crippen LogP contribution in [0.2, 0.25) is 0 Å². The number of nitrogens with one attached hydrogen (secondary N) is 1. The van der Waals surface area contributed by atoms with Crippen LogP contribution in [0.5, 0.6) is 0 Å². The van der Waals surface area contributed by atoms with E-state index in [1.165, 1.54) is 9.47 Å². The molecule has 0 saturated carbocycles. The number of carbonyl (C=O) groups is 2. The van der Waals surface area contributed by atoms with Crippen molar-refractivity contribution in [1.82, 2.24) is 19.4 Å². The molecule has 0 aliphatic carbocycles. The van der Waals surface area contributed by atoms with Gasteiger partial charge in [-0.15, -0.1) is 0 Å². The minimum absolute atomic E-state index is 0.0258. The molecule has 2 rings (SSSR count). The van der Waals surface area contributed by atoms with E-state index in [1.807, 2.05) is 20.8 Å². The van der Waals surface area contributed by atoms with E-state index in [0.29, 0.717) is 25.2 Å². The van der Waals surface area contributed by atoms with Gasteiger partial charge >= 0.3 is 11.7 Å². The van der Waals surface area contributed by atoms with E-state index in [4.69, 9.17) is 5.11 Å². The van der Waals surface area contributed by atoms with Gasteiger partial charge < -0.3 is 10.0 Å². The average Bonchev–Trinajstić information content (AvgIpc) is 2.64. The van der Waals surface area contributed by atoms with E-state index < -0.39 is 23.1 Å². The summed E-state index contributed by atoms with van der Waals surface area (Å²) >= 11 is 0. The van der Waals surface area contributed by atoms with Crippen LogP contribution in [-0.4, -0.2) is 49.5 Å². The molecule has 0 spiro atoms. The largest absolute Gasteiger partial charge is 0.481 e. The van der Waals surface area contributed by atoms with Gasteiger partial charge in [0.25, 0.3) is 11.5 Å². The van der Waals surface area contributed by atoms with Crippen LogP contribution in [0.4, 0.5) is 0 Å². The Bertz CT molecular complexity index is 1010. The maximum absolute atomic E-state index is 13.1. The number of aliphatic carboxylic acids is 1. The molecule has 9 nitrogen and oxygen atoms in total. The molecule has 2 N–H and O–H groups in total. The van der Waals surface area contributed by atoms with Gasteiger partial charge in [-0.25, -0.2) is 9.78 Å². The van der Waals surface area contributed by atoms with Crippen molar-refractivity contribution in [3.63, 3.8) is 0 Å². The van der Waals surface area contributed by atoms with E-state index in [2.05, 4.69) is 9.97 Å². The molecule has 0 radical (unpaired) electrons. The van der Waals surface area contributed by atoms with Gasteiger partial charge in [0.05, 0.1) is 17.4 Å². The van der Waals surface area contributed by atoms with Crippen molar-refractivity contribution in [2.75, 3.05) is 13.1 Å². The molecule has 2 heterocycles. The molecule has 0 aromatic carbocycles. The average molecular weight is 390 g/mol. The van der Waals surface area contributed by atoms with E-state index in [1.54, 1.807) is 13.0 Å². The molecule has 1 amide bonds. The number of aromatic amines is 1. The first-order valence-corrected chi connectivity index (χ1v) is 9.40. The van der Waals surface area contributed by atoms with Crippen LogP contribution in [0.1, 0.15) is 62.5 Å². The second-order valence-electron chi connectivity index (χ2n) is 6.89. The normalized spacial score (nSPS) is 11.2. The lowest BCUT2D eigenvalue weighted by molar-refractivity contribution is -0.137.